The van der Waals surface area contributed by atoms with Crippen LogP contribution in [0.15, 0.2) is 46.9 Å². The lowest BCUT2D eigenvalue weighted by Crippen LogP contribution is -2.49. The molecule has 0 aromatic heterocycles. The number of carbonyl (C=O) groups excluding carboxylic acids is 2. The number of nitrogens with zero attached hydrogens (tertiary/aromatic N) is 2. The summed E-state index contributed by atoms with van der Waals surface area (Å²) < 4.78 is 27.2. The van der Waals surface area contributed by atoms with Gasteiger partial charge in [0, 0.05) is 35.0 Å². The van der Waals surface area contributed by atoms with Gasteiger partial charge in [-0.2, -0.15) is 0 Å². The number of rotatable bonds is 12. The van der Waals surface area contributed by atoms with Crippen LogP contribution in [-0.2, 0) is 26.2 Å². The van der Waals surface area contributed by atoms with Crippen LogP contribution in [0.5, 0.6) is 0 Å². The second-order valence-electron chi connectivity index (χ2n) is 8.97. The number of nitrogens with one attached hydrogen (secondary N) is 1. The molecule has 7 nitrogen and oxygen atoms in total. The highest BCUT2D eigenvalue weighted by Crippen LogP contribution is 2.28. The Labute approximate surface area is 228 Å². The van der Waals surface area contributed by atoms with E-state index >= 15 is 0 Å². The number of sulfonamides is 1. The molecule has 0 radical (unpaired) electrons. The zero-order valence-corrected chi connectivity index (χ0v) is 24.6. The van der Waals surface area contributed by atoms with Gasteiger partial charge in [-0.05, 0) is 69.0 Å². The molecule has 0 aliphatic carbocycles. The largest absolute Gasteiger partial charge is 0.352 e. The smallest absolute Gasteiger partial charge is 0.242 e. The van der Waals surface area contributed by atoms with Gasteiger partial charge < -0.3 is 10.2 Å². The van der Waals surface area contributed by atoms with Crippen molar-refractivity contribution in [1.82, 2.24) is 10.2 Å². The third kappa shape index (κ3) is 8.49. The van der Waals surface area contributed by atoms with Crippen LogP contribution in [0.3, 0.4) is 0 Å². The van der Waals surface area contributed by atoms with Crippen molar-refractivity contribution < 1.29 is 18.0 Å². The van der Waals surface area contributed by atoms with Crippen LogP contribution in [0, 0.1) is 6.92 Å². The van der Waals surface area contributed by atoms with Gasteiger partial charge in [-0.15, -0.1) is 0 Å². The average Bonchev–Trinajstić information content (AvgIpc) is 2.81. The SMILES string of the molecule is CCC(C)NC(=O)C(C)N(Cc1cccc(Br)c1)C(=O)CCCN(c1cccc(Cl)c1C)S(C)(=O)=O. The van der Waals surface area contributed by atoms with E-state index in [2.05, 4.69) is 21.2 Å². The predicted molar refractivity (Wildman–Crippen MR) is 150 cm³/mol. The van der Waals surface area contributed by atoms with Crippen LogP contribution in [0.4, 0.5) is 5.69 Å². The number of benzene rings is 2. The number of amides is 2. The number of hydrogen-bond acceptors (Lipinski definition) is 4. The molecular formula is C26H35BrClN3O4S. The first-order valence-electron chi connectivity index (χ1n) is 11.9. The molecule has 0 saturated heterocycles. The first-order valence-corrected chi connectivity index (χ1v) is 14.9. The third-order valence-corrected chi connectivity index (χ3v) is 8.15. The predicted octanol–water partition coefficient (Wildman–Crippen LogP) is 5.29. The van der Waals surface area contributed by atoms with Gasteiger partial charge in [0.1, 0.15) is 6.04 Å². The van der Waals surface area contributed by atoms with E-state index in [4.69, 9.17) is 11.6 Å². The summed E-state index contributed by atoms with van der Waals surface area (Å²) in [6.07, 6.45) is 2.28. The molecule has 0 fully saturated rings. The molecule has 2 aromatic rings. The Morgan fingerprint density at radius 1 is 1.14 bits per heavy atom. The van der Waals surface area contributed by atoms with E-state index in [1.807, 2.05) is 38.1 Å². The van der Waals surface area contributed by atoms with Crippen molar-refractivity contribution in [3.63, 3.8) is 0 Å². The molecule has 0 bridgehead atoms. The molecule has 2 amide bonds. The number of carbonyl (C=O) groups is 2. The summed E-state index contributed by atoms with van der Waals surface area (Å²) in [6.45, 7) is 7.75. The highest BCUT2D eigenvalue weighted by molar-refractivity contribution is 9.10. The fourth-order valence-corrected chi connectivity index (χ4v) is 5.36. The Balaban J connectivity index is 2.21. The van der Waals surface area contributed by atoms with E-state index in [0.717, 1.165) is 22.7 Å². The van der Waals surface area contributed by atoms with Gasteiger partial charge in [-0.1, -0.05) is 52.7 Å². The van der Waals surface area contributed by atoms with Crippen molar-refractivity contribution >= 4 is 55.1 Å². The molecule has 1 N–H and O–H groups in total. The van der Waals surface area contributed by atoms with E-state index in [1.54, 1.807) is 36.9 Å². The van der Waals surface area contributed by atoms with Gasteiger partial charge >= 0.3 is 0 Å². The Hall–Kier alpha value is -2.10. The summed E-state index contributed by atoms with van der Waals surface area (Å²) in [4.78, 5) is 27.8. The lowest BCUT2D eigenvalue weighted by atomic mass is 10.1. The van der Waals surface area contributed by atoms with Crippen molar-refractivity contribution in [3.8, 4) is 0 Å². The van der Waals surface area contributed by atoms with Crippen LogP contribution in [0.1, 0.15) is 51.2 Å². The van der Waals surface area contributed by atoms with Crippen LogP contribution in [0.25, 0.3) is 0 Å². The van der Waals surface area contributed by atoms with E-state index in [-0.39, 0.29) is 43.8 Å². The van der Waals surface area contributed by atoms with Crippen molar-refractivity contribution in [3.05, 3.63) is 63.1 Å². The highest BCUT2D eigenvalue weighted by Gasteiger charge is 2.27. The maximum absolute atomic E-state index is 13.4. The molecule has 0 heterocycles. The minimum absolute atomic E-state index is 0.00738. The van der Waals surface area contributed by atoms with Crippen molar-refractivity contribution in [1.29, 1.82) is 0 Å². The van der Waals surface area contributed by atoms with E-state index in [1.165, 1.54) is 4.31 Å². The van der Waals surface area contributed by atoms with Crippen LogP contribution in [-0.4, -0.2) is 50.0 Å². The molecular weight excluding hydrogens is 566 g/mol. The molecule has 2 aromatic carbocycles. The topological polar surface area (TPSA) is 86.8 Å². The number of hydrogen-bond donors (Lipinski definition) is 1. The lowest BCUT2D eigenvalue weighted by Gasteiger charge is -2.30. The molecule has 198 valence electrons. The van der Waals surface area contributed by atoms with E-state index in [0.29, 0.717) is 16.3 Å². The molecule has 2 atom stereocenters. The van der Waals surface area contributed by atoms with Crippen molar-refractivity contribution in [2.45, 2.75) is 65.6 Å². The molecule has 2 unspecified atom stereocenters. The zero-order valence-electron chi connectivity index (χ0n) is 21.4. The monoisotopic (exact) mass is 599 g/mol. The van der Waals surface area contributed by atoms with Gasteiger partial charge in [0.15, 0.2) is 0 Å². The Bertz CT molecular complexity index is 1180. The fraction of sp³-hybridized carbons (Fsp3) is 0.462. The lowest BCUT2D eigenvalue weighted by molar-refractivity contribution is -0.140. The van der Waals surface area contributed by atoms with Gasteiger partial charge in [0.2, 0.25) is 21.8 Å². The summed E-state index contributed by atoms with van der Waals surface area (Å²) in [6, 6.07) is 12.0. The van der Waals surface area contributed by atoms with E-state index in [9.17, 15) is 18.0 Å². The first kappa shape index (κ1) is 30.1. The molecule has 0 aliphatic heterocycles. The summed E-state index contributed by atoms with van der Waals surface area (Å²) in [5.74, 6) is -0.446. The third-order valence-electron chi connectivity index (χ3n) is 6.07. The van der Waals surface area contributed by atoms with Gasteiger partial charge in [-0.3, -0.25) is 13.9 Å². The van der Waals surface area contributed by atoms with Gasteiger partial charge in [0.25, 0.3) is 0 Å². The van der Waals surface area contributed by atoms with Crippen LogP contribution < -0.4 is 9.62 Å². The van der Waals surface area contributed by atoms with Crippen molar-refractivity contribution in [2.75, 3.05) is 17.1 Å². The van der Waals surface area contributed by atoms with Gasteiger partial charge in [0.05, 0.1) is 11.9 Å². The normalized spacial score (nSPS) is 13.1. The first-order chi connectivity index (χ1) is 16.8. The zero-order chi connectivity index (χ0) is 27.0. The summed E-state index contributed by atoms with van der Waals surface area (Å²) >= 11 is 9.66. The number of halogens is 2. The second-order valence-corrected chi connectivity index (χ2v) is 12.2. The minimum Gasteiger partial charge on any atom is -0.352 e. The molecule has 0 spiro atoms. The Kier molecular flexibility index (Phi) is 11.3. The Morgan fingerprint density at radius 2 is 1.81 bits per heavy atom. The minimum atomic E-state index is -3.59. The Morgan fingerprint density at radius 3 is 2.42 bits per heavy atom. The summed E-state index contributed by atoms with van der Waals surface area (Å²) in [5.41, 5.74) is 2.03. The number of anilines is 1. The van der Waals surface area contributed by atoms with E-state index < -0.39 is 16.1 Å². The molecule has 36 heavy (non-hydrogen) atoms. The molecule has 0 saturated carbocycles. The fourth-order valence-electron chi connectivity index (χ4n) is 3.73. The average molecular weight is 601 g/mol. The quantitative estimate of drug-likeness (QED) is 0.359. The second kappa shape index (κ2) is 13.4. The summed E-state index contributed by atoms with van der Waals surface area (Å²) in [7, 11) is -3.59. The molecule has 10 heteroatoms. The van der Waals surface area contributed by atoms with Crippen molar-refractivity contribution in [2.24, 2.45) is 0 Å². The molecule has 0 aliphatic rings. The maximum atomic E-state index is 13.4. The van der Waals surface area contributed by atoms with Crippen LogP contribution in [0.2, 0.25) is 5.02 Å². The highest BCUT2D eigenvalue weighted by atomic mass is 79.9. The van der Waals surface area contributed by atoms with Gasteiger partial charge in [-0.25, -0.2) is 8.42 Å². The standard InChI is InChI=1S/C26H35BrClN3O4S/c1-6-18(2)29-26(33)20(4)30(17-21-10-7-11-22(27)16-21)25(32)14-9-15-31(36(5,34)35)24-13-8-12-23(28)19(24)3/h7-8,10-13,16,18,20H,6,9,14-15,17H2,1-5H3,(H,29,33). The van der Waals surface area contributed by atoms with Crippen LogP contribution >= 0.6 is 27.5 Å². The summed E-state index contributed by atoms with van der Waals surface area (Å²) in [5, 5.41) is 3.42. The molecule has 2 rings (SSSR count). The maximum Gasteiger partial charge on any atom is 0.242 e.